The first kappa shape index (κ1) is 40.3. The number of benzene rings is 13. The van der Waals surface area contributed by atoms with Crippen LogP contribution in [-0.4, -0.2) is 4.57 Å². The van der Waals surface area contributed by atoms with Gasteiger partial charge in [-0.2, -0.15) is 0 Å². The van der Waals surface area contributed by atoms with Crippen molar-refractivity contribution in [3.8, 4) is 39.1 Å². The van der Waals surface area contributed by atoms with E-state index in [9.17, 15) is 0 Å². The molecule has 338 valence electrons. The SMILES string of the molecule is c1ccc(-c2cc3c(cc2N(c2ccc4c5ccccc5c5ccccc5c4c2)c2cccc4cc5c6ccccc6n(-c6ccccc6)c5cc24)C2(c4ccccc4-c4ccccc42)c2ccccc2-3)cc1. The highest BCUT2D eigenvalue weighted by Crippen LogP contribution is 2.64. The average Bonchev–Trinajstić information content (AvgIpc) is 4.13. The molecule has 1 heterocycles. The number of anilines is 3. The summed E-state index contributed by atoms with van der Waals surface area (Å²) >= 11 is 0. The summed E-state index contributed by atoms with van der Waals surface area (Å²) in [7, 11) is 0. The van der Waals surface area contributed by atoms with Gasteiger partial charge in [0.2, 0.25) is 0 Å². The van der Waals surface area contributed by atoms with Crippen molar-refractivity contribution in [2.75, 3.05) is 4.90 Å². The number of fused-ring (bicyclic) bond motifs is 20. The molecule has 0 bridgehead atoms. The van der Waals surface area contributed by atoms with Gasteiger partial charge in [0.1, 0.15) is 0 Å². The minimum absolute atomic E-state index is 0.533. The van der Waals surface area contributed by atoms with E-state index in [1.165, 1.54) is 121 Å². The van der Waals surface area contributed by atoms with E-state index >= 15 is 0 Å². The lowest BCUT2D eigenvalue weighted by Gasteiger charge is -2.34. The molecule has 13 aromatic carbocycles. The summed E-state index contributed by atoms with van der Waals surface area (Å²) in [6, 6.07) is 100. The van der Waals surface area contributed by atoms with E-state index < -0.39 is 5.41 Å². The molecule has 16 rings (SSSR count). The first-order valence-corrected chi connectivity index (χ1v) is 25.4. The van der Waals surface area contributed by atoms with Crippen LogP contribution in [0.25, 0.3) is 104 Å². The molecule has 0 unspecified atom stereocenters. The number of rotatable bonds is 5. The fraction of sp³-hybridized carbons (Fsp3) is 0.0141. The minimum Gasteiger partial charge on any atom is -0.309 e. The molecule has 2 nitrogen and oxygen atoms in total. The van der Waals surface area contributed by atoms with Crippen molar-refractivity contribution >= 4 is 82.0 Å². The summed E-state index contributed by atoms with van der Waals surface area (Å²) in [5.74, 6) is 0. The Morgan fingerprint density at radius 1 is 0.274 bits per heavy atom. The molecular weight excluding hydrogens is 881 g/mol. The van der Waals surface area contributed by atoms with E-state index in [2.05, 4.69) is 276 Å². The molecule has 1 spiro atoms. The monoisotopic (exact) mass is 924 g/mol. The van der Waals surface area contributed by atoms with E-state index in [0.29, 0.717) is 0 Å². The Kier molecular flexibility index (Phi) is 8.41. The summed E-state index contributed by atoms with van der Waals surface area (Å²) in [5.41, 5.74) is 19.1. The van der Waals surface area contributed by atoms with Crippen LogP contribution < -0.4 is 4.90 Å². The number of para-hydroxylation sites is 2. The predicted molar refractivity (Wildman–Crippen MR) is 307 cm³/mol. The van der Waals surface area contributed by atoms with Crippen LogP contribution in [0.15, 0.2) is 267 Å². The highest BCUT2D eigenvalue weighted by molar-refractivity contribution is 6.26. The zero-order valence-corrected chi connectivity index (χ0v) is 39.8. The Labute approximate surface area is 422 Å². The molecule has 0 saturated heterocycles. The van der Waals surface area contributed by atoms with Gasteiger partial charge in [-0.1, -0.05) is 206 Å². The third-order valence-corrected chi connectivity index (χ3v) is 16.3. The summed E-state index contributed by atoms with van der Waals surface area (Å²) < 4.78 is 2.44. The molecule has 0 aliphatic heterocycles. The third kappa shape index (κ3) is 5.52. The van der Waals surface area contributed by atoms with Gasteiger partial charge in [0, 0.05) is 33.1 Å². The maximum atomic E-state index is 2.60. The number of hydrogen-bond donors (Lipinski definition) is 0. The largest absolute Gasteiger partial charge is 0.309 e. The van der Waals surface area contributed by atoms with Gasteiger partial charge in [-0.3, -0.25) is 0 Å². The second-order valence-electron chi connectivity index (χ2n) is 19.9. The summed E-state index contributed by atoms with van der Waals surface area (Å²) in [6.07, 6.45) is 0. The molecule has 2 aliphatic carbocycles. The molecule has 14 aromatic rings. The van der Waals surface area contributed by atoms with Crippen molar-refractivity contribution < 1.29 is 0 Å². The van der Waals surface area contributed by atoms with Crippen LogP contribution in [0.2, 0.25) is 0 Å². The van der Waals surface area contributed by atoms with Crippen molar-refractivity contribution in [3.05, 3.63) is 289 Å². The van der Waals surface area contributed by atoms with Crippen LogP contribution in [0.1, 0.15) is 22.3 Å². The number of nitrogens with zero attached hydrogens (tertiary/aromatic N) is 2. The van der Waals surface area contributed by atoms with Gasteiger partial charge in [0.05, 0.1) is 27.8 Å². The van der Waals surface area contributed by atoms with Gasteiger partial charge in [-0.15, -0.1) is 0 Å². The zero-order valence-electron chi connectivity index (χ0n) is 39.8. The number of hydrogen-bond acceptors (Lipinski definition) is 1. The molecule has 0 saturated carbocycles. The Morgan fingerprint density at radius 3 is 1.47 bits per heavy atom. The van der Waals surface area contributed by atoms with Crippen molar-refractivity contribution in [1.29, 1.82) is 0 Å². The normalized spacial score (nSPS) is 13.0. The Morgan fingerprint density at radius 2 is 0.808 bits per heavy atom. The average molecular weight is 925 g/mol. The number of aromatic nitrogens is 1. The Balaban J connectivity index is 1.07. The molecule has 2 heteroatoms. The lowest BCUT2D eigenvalue weighted by atomic mass is 9.70. The first-order valence-electron chi connectivity index (χ1n) is 25.4. The standard InChI is InChI=1S/C71H44N2/c1-3-20-45(21-4-1)58-42-61-56-31-13-17-35-65(56)71(63-33-15-11-29-54(63)55-30-12-16-34-64(55)71)66(61)44-70(58)73(48-38-39-53-51-27-8-7-25-49(51)50-26-9-10-28-52(50)60(53)41-48)68-37-19-22-46-40-62-57-32-14-18-36-67(57)72(69(62)43-59(46)68)47-23-5-2-6-24-47/h1-44H. The maximum Gasteiger partial charge on any atom is 0.0726 e. The molecule has 0 N–H and O–H groups in total. The van der Waals surface area contributed by atoms with Crippen LogP contribution in [0, 0.1) is 0 Å². The van der Waals surface area contributed by atoms with Crippen LogP contribution >= 0.6 is 0 Å². The van der Waals surface area contributed by atoms with Crippen LogP contribution in [-0.2, 0) is 5.41 Å². The zero-order chi connectivity index (χ0) is 47.8. The van der Waals surface area contributed by atoms with E-state index in [4.69, 9.17) is 0 Å². The lowest BCUT2D eigenvalue weighted by Crippen LogP contribution is -2.26. The first-order chi connectivity index (χ1) is 36.2. The Hall–Kier alpha value is -9.50. The highest BCUT2D eigenvalue weighted by atomic mass is 15.1. The fourth-order valence-electron chi connectivity index (χ4n) is 13.4. The van der Waals surface area contributed by atoms with Crippen LogP contribution in [0.4, 0.5) is 17.1 Å². The van der Waals surface area contributed by atoms with Gasteiger partial charge in [0.15, 0.2) is 0 Å². The maximum absolute atomic E-state index is 2.60. The predicted octanol–water partition coefficient (Wildman–Crippen LogP) is 18.9. The van der Waals surface area contributed by atoms with Gasteiger partial charge >= 0.3 is 0 Å². The van der Waals surface area contributed by atoms with Gasteiger partial charge < -0.3 is 9.47 Å². The van der Waals surface area contributed by atoms with Gasteiger partial charge in [0.25, 0.3) is 0 Å². The van der Waals surface area contributed by atoms with Crippen molar-refractivity contribution in [2.45, 2.75) is 5.41 Å². The van der Waals surface area contributed by atoms with Gasteiger partial charge in [-0.25, -0.2) is 0 Å². The van der Waals surface area contributed by atoms with Crippen molar-refractivity contribution in [2.24, 2.45) is 0 Å². The van der Waals surface area contributed by atoms with Crippen molar-refractivity contribution in [1.82, 2.24) is 4.57 Å². The van der Waals surface area contributed by atoms with E-state index in [1.54, 1.807) is 0 Å². The van der Waals surface area contributed by atoms with Gasteiger partial charge in [-0.05, 0) is 148 Å². The third-order valence-electron chi connectivity index (χ3n) is 16.3. The Bertz CT molecular complexity index is 4540. The minimum atomic E-state index is -0.533. The molecule has 1 aromatic heterocycles. The summed E-state index contributed by atoms with van der Waals surface area (Å²) in [4.78, 5) is 2.60. The van der Waals surface area contributed by atoms with Crippen molar-refractivity contribution in [3.63, 3.8) is 0 Å². The summed E-state index contributed by atoms with van der Waals surface area (Å²) in [5, 5.41) is 12.4. The molecule has 0 radical (unpaired) electrons. The second-order valence-corrected chi connectivity index (χ2v) is 19.9. The topological polar surface area (TPSA) is 8.17 Å². The van der Waals surface area contributed by atoms with Crippen LogP contribution in [0.5, 0.6) is 0 Å². The van der Waals surface area contributed by atoms with Crippen LogP contribution in [0.3, 0.4) is 0 Å². The second kappa shape index (κ2) is 15.3. The highest BCUT2D eigenvalue weighted by Gasteiger charge is 2.52. The van der Waals surface area contributed by atoms with E-state index in [1.807, 2.05) is 0 Å². The lowest BCUT2D eigenvalue weighted by molar-refractivity contribution is 0.794. The summed E-state index contributed by atoms with van der Waals surface area (Å²) in [6.45, 7) is 0. The van der Waals surface area contributed by atoms with E-state index in [0.717, 1.165) is 22.7 Å². The fourth-order valence-corrected chi connectivity index (χ4v) is 13.4. The molecule has 2 aliphatic rings. The quantitative estimate of drug-likeness (QED) is 0.156. The smallest absolute Gasteiger partial charge is 0.0726 e. The molecule has 0 amide bonds. The molecule has 0 atom stereocenters. The molecule has 73 heavy (non-hydrogen) atoms. The molecule has 0 fully saturated rings. The molecular formula is C71H44N2. The van der Waals surface area contributed by atoms with E-state index in [-0.39, 0.29) is 0 Å².